The molecule has 0 fully saturated rings. The first-order chi connectivity index (χ1) is 11.0. The van der Waals surface area contributed by atoms with Crippen molar-refractivity contribution in [3.63, 3.8) is 0 Å². The van der Waals surface area contributed by atoms with Gasteiger partial charge in [0, 0.05) is 16.3 Å². The standard InChI is InChI=1S/C21H20OSi/c1-23(2,3)16-13-11-15(12-14-16)17-8-6-9-19-18-7-4-5-10-20(18)22-21(17)19/h4-14H,1-3H3. The summed E-state index contributed by atoms with van der Waals surface area (Å²) in [6.07, 6.45) is 0. The van der Waals surface area contributed by atoms with Crippen molar-refractivity contribution in [1.29, 1.82) is 0 Å². The Morgan fingerprint density at radius 1 is 0.696 bits per heavy atom. The average Bonchev–Trinajstić information content (AvgIpc) is 2.93. The lowest BCUT2D eigenvalue weighted by molar-refractivity contribution is 0.670. The van der Waals surface area contributed by atoms with E-state index in [1.807, 2.05) is 12.1 Å². The van der Waals surface area contributed by atoms with Crippen LogP contribution in [0.2, 0.25) is 19.6 Å². The van der Waals surface area contributed by atoms with E-state index in [4.69, 9.17) is 4.42 Å². The van der Waals surface area contributed by atoms with Crippen LogP contribution in [0.4, 0.5) is 0 Å². The Hall–Kier alpha value is -2.32. The van der Waals surface area contributed by atoms with Crippen LogP contribution in [-0.2, 0) is 0 Å². The number of hydrogen-bond acceptors (Lipinski definition) is 1. The second kappa shape index (κ2) is 5.10. The van der Waals surface area contributed by atoms with Gasteiger partial charge in [-0.3, -0.25) is 0 Å². The van der Waals surface area contributed by atoms with Gasteiger partial charge in [-0.2, -0.15) is 0 Å². The molecule has 0 bridgehead atoms. The van der Waals surface area contributed by atoms with Crippen LogP contribution >= 0.6 is 0 Å². The van der Waals surface area contributed by atoms with Crippen LogP contribution in [0.15, 0.2) is 71.1 Å². The van der Waals surface area contributed by atoms with E-state index in [0.717, 1.165) is 11.2 Å². The summed E-state index contributed by atoms with van der Waals surface area (Å²) < 4.78 is 6.14. The van der Waals surface area contributed by atoms with Gasteiger partial charge in [0.15, 0.2) is 0 Å². The molecule has 0 spiro atoms. The smallest absolute Gasteiger partial charge is 0.143 e. The van der Waals surface area contributed by atoms with Crippen LogP contribution in [0.25, 0.3) is 33.1 Å². The van der Waals surface area contributed by atoms with E-state index < -0.39 is 8.07 Å². The lowest BCUT2D eigenvalue weighted by atomic mass is 10.0. The summed E-state index contributed by atoms with van der Waals surface area (Å²) in [5.74, 6) is 0. The fourth-order valence-corrected chi connectivity index (χ4v) is 4.29. The van der Waals surface area contributed by atoms with Gasteiger partial charge in [-0.15, -0.1) is 0 Å². The van der Waals surface area contributed by atoms with Crippen molar-refractivity contribution in [1.82, 2.24) is 0 Å². The van der Waals surface area contributed by atoms with Crippen LogP contribution < -0.4 is 5.19 Å². The largest absolute Gasteiger partial charge is 0.455 e. The Kier molecular flexibility index (Phi) is 3.17. The molecule has 3 aromatic carbocycles. The molecule has 0 aliphatic heterocycles. The molecule has 0 radical (unpaired) electrons. The molecule has 114 valence electrons. The van der Waals surface area contributed by atoms with Crippen molar-refractivity contribution in [2.75, 3.05) is 0 Å². The van der Waals surface area contributed by atoms with Crippen molar-refractivity contribution in [3.8, 4) is 11.1 Å². The molecule has 1 aromatic heterocycles. The summed E-state index contributed by atoms with van der Waals surface area (Å²) in [7, 11) is -1.26. The molecule has 0 N–H and O–H groups in total. The Bertz CT molecular complexity index is 988. The van der Waals surface area contributed by atoms with Crippen molar-refractivity contribution in [3.05, 3.63) is 66.7 Å². The first-order valence-corrected chi connectivity index (χ1v) is 11.6. The van der Waals surface area contributed by atoms with Crippen LogP contribution in [0.1, 0.15) is 0 Å². The fourth-order valence-electron chi connectivity index (χ4n) is 3.12. The molecule has 1 heterocycles. The summed E-state index contributed by atoms with van der Waals surface area (Å²) in [5, 5.41) is 3.86. The third kappa shape index (κ3) is 2.39. The normalized spacial score (nSPS) is 12.1. The summed E-state index contributed by atoms with van der Waals surface area (Å²) in [6, 6.07) is 23.7. The van der Waals surface area contributed by atoms with Crippen molar-refractivity contribution in [2.24, 2.45) is 0 Å². The SMILES string of the molecule is C[Si](C)(C)c1ccc(-c2cccc3c2oc2ccccc23)cc1. The van der Waals surface area contributed by atoms with Crippen LogP contribution in [0.5, 0.6) is 0 Å². The van der Waals surface area contributed by atoms with Gasteiger partial charge < -0.3 is 4.42 Å². The van der Waals surface area contributed by atoms with Gasteiger partial charge in [0.2, 0.25) is 0 Å². The maximum absolute atomic E-state index is 6.14. The quantitative estimate of drug-likeness (QED) is 0.426. The Morgan fingerprint density at radius 3 is 2.13 bits per heavy atom. The highest BCUT2D eigenvalue weighted by molar-refractivity contribution is 6.88. The molecule has 1 nitrogen and oxygen atoms in total. The average molecular weight is 316 g/mol. The summed E-state index contributed by atoms with van der Waals surface area (Å²) in [4.78, 5) is 0. The van der Waals surface area contributed by atoms with E-state index >= 15 is 0 Å². The Morgan fingerprint density at radius 2 is 1.39 bits per heavy atom. The van der Waals surface area contributed by atoms with Crippen molar-refractivity contribution >= 4 is 35.2 Å². The fraction of sp³-hybridized carbons (Fsp3) is 0.143. The minimum Gasteiger partial charge on any atom is -0.455 e. The predicted octanol–water partition coefficient (Wildman–Crippen LogP) is 5.80. The molecule has 4 aromatic rings. The molecule has 0 aliphatic carbocycles. The van der Waals surface area contributed by atoms with Gasteiger partial charge in [0.1, 0.15) is 11.2 Å². The van der Waals surface area contributed by atoms with E-state index in [0.29, 0.717) is 0 Å². The maximum Gasteiger partial charge on any atom is 0.143 e. The number of furan rings is 1. The third-order valence-corrected chi connectivity index (χ3v) is 6.53. The molecule has 4 rings (SSSR count). The summed E-state index contributed by atoms with van der Waals surface area (Å²) in [5.41, 5.74) is 4.32. The maximum atomic E-state index is 6.14. The van der Waals surface area contributed by atoms with E-state index in [-0.39, 0.29) is 0 Å². The topological polar surface area (TPSA) is 13.1 Å². The van der Waals surface area contributed by atoms with Gasteiger partial charge in [-0.1, -0.05) is 85.5 Å². The van der Waals surface area contributed by atoms with Gasteiger partial charge in [-0.05, 0) is 11.6 Å². The second-order valence-corrected chi connectivity index (χ2v) is 12.2. The first kappa shape index (κ1) is 14.3. The molecular formula is C21H20OSi. The molecule has 0 unspecified atom stereocenters. The van der Waals surface area contributed by atoms with Gasteiger partial charge >= 0.3 is 0 Å². The van der Waals surface area contributed by atoms with E-state index in [2.05, 4.69) is 74.2 Å². The molecule has 0 saturated carbocycles. The van der Waals surface area contributed by atoms with E-state index in [1.165, 1.54) is 27.1 Å². The number of hydrogen-bond donors (Lipinski definition) is 0. The number of fused-ring (bicyclic) bond motifs is 3. The van der Waals surface area contributed by atoms with Gasteiger partial charge in [-0.25, -0.2) is 0 Å². The highest BCUT2D eigenvalue weighted by atomic mass is 28.3. The number of para-hydroxylation sites is 2. The van der Waals surface area contributed by atoms with Crippen LogP contribution in [0, 0.1) is 0 Å². The van der Waals surface area contributed by atoms with Crippen LogP contribution in [-0.4, -0.2) is 8.07 Å². The van der Waals surface area contributed by atoms with Crippen LogP contribution in [0.3, 0.4) is 0 Å². The highest BCUT2D eigenvalue weighted by Crippen LogP contribution is 2.35. The second-order valence-electron chi connectivity index (χ2n) is 7.11. The highest BCUT2D eigenvalue weighted by Gasteiger charge is 2.17. The zero-order valence-corrected chi connectivity index (χ0v) is 14.8. The first-order valence-electron chi connectivity index (χ1n) is 8.05. The zero-order chi connectivity index (χ0) is 16.0. The predicted molar refractivity (Wildman–Crippen MR) is 102 cm³/mol. The minimum atomic E-state index is -1.26. The van der Waals surface area contributed by atoms with Gasteiger partial charge in [0.05, 0.1) is 8.07 Å². The lowest BCUT2D eigenvalue weighted by Crippen LogP contribution is -2.37. The monoisotopic (exact) mass is 316 g/mol. The molecule has 0 amide bonds. The number of benzene rings is 3. The molecule has 0 atom stereocenters. The molecule has 0 saturated heterocycles. The van der Waals surface area contributed by atoms with Gasteiger partial charge in [0.25, 0.3) is 0 Å². The third-order valence-electron chi connectivity index (χ3n) is 4.47. The Balaban J connectivity index is 1.92. The van der Waals surface area contributed by atoms with E-state index in [1.54, 1.807) is 0 Å². The van der Waals surface area contributed by atoms with Crippen molar-refractivity contribution in [2.45, 2.75) is 19.6 Å². The minimum absolute atomic E-state index is 0.952. The lowest BCUT2D eigenvalue weighted by Gasteiger charge is -2.16. The summed E-state index contributed by atoms with van der Waals surface area (Å²) >= 11 is 0. The molecule has 2 heteroatoms. The Labute approximate surface area is 137 Å². The number of rotatable bonds is 2. The summed E-state index contributed by atoms with van der Waals surface area (Å²) in [6.45, 7) is 7.13. The van der Waals surface area contributed by atoms with E-state index in [9.17, 15) is 0 Å². The zero-order valence-electron chi connectivity index (χ0n) is 13.8. The molecular weight excluding hydrogens is 296 g/mol. The van der Waals surface area contributed by atoms with Crippen molar-refractivity contribution < 1.29 is 4.42 Å². The molecule has 23 heavy (non-hydrogen) atoms. The molecule has 0 aliphatic rings.